The average molecular weight is 284 g/mol. The van der Waals surface area contributed by atoms with Crippen molar-refractivity contribution in [2.75, 3.05) is 20.3 Å². The summed E-state index contributed by atoms with van der Waals surface area (Å²) in [7, 11) is 1.59. The second kappa shape index (κ2) is 6.21. The number of carboxylic acids is 1. The Morgan fingerprint density at radius 1 is 1.55 bits per heavy atom. The third-order valence-corrected chi connectivity index (χ3v) is 3.81. The van der Waals surface area contributed by atoms with E-state index in [0.717, 1.165) is 12.8 Å². The molecule has 0 radical (unpaired) electrons. The quantitative estimate of drug-likeness (QED) is 0.735. The van der Waals surface area contributed by atoms with Crippen molar-refractivity contribution in [2.24, 2.45) is 11.1 Å². The van der Waals surface area contributed by atoms with Crippen molar-refractivity contribution in [1.29, 1.82) is 0 Å². The molecule has 0 aromatic heterocycles. The fourth-order valence-corrected chi connectivity index (χ4v) is 2.36. The van der Waals surface area contributed by atoms with Gasteiger partial charge in [-0.3, -0.25) is 4.79 Å². The van der Waals surface area contributed by atoms with E-state index in [-0.39, 0.29) is 24.1 Å². The number of hydrogen-bond donors (Lipinski definition) is 1. The van der Waals surface area contributed by atoms with Gasteiger partial charge in [0.2, 0.25) is 6.10 Å². The molecule has 0 bridgehead atoms. The predicted octanol–water partition coefficient (Wildman–Crippen LogP) is 0.489. The van der Waals surface area contributed by atoms with Crippen LogP contribution in [0.1, 0.15) is 26.2 Å². The monoisotopic (exact) mass is 284 g/mol. The molecule has 1 heterocycles. The van der Waals surface area contributed by atoms with Crippen LogP contribution < -0.4 is 0 Å². The first-order valence-corrected chi connectivity index (χ1v) is 6.80. The fourth-order valence-electron chi connectivity index (χ4n) is 2.36. The summed E-state index contributed by atoms with van der Waals surface area (Å²) in [6.45, 7) is 2.94. The Bertz CT molecular complexity index is 419. The standard InChI is InChI=1S/C13H20N2O5/c1-8(9-3-4-9)15(5-6-19-2)12(16)11-7-10(13(17)18)14-20-11/h8-9,11H,3-7H2,1-2H3,(H,17,18). The van der Waals surface area contributed by atoms with Crippen molar-refractivity contribution in [2.45, 2.75) is 38.3 Å². The van der Waals surface area contributed by atoms with Gasteiger partial charge in [-0.05, 0) is 25.7 Å². The van der Waals surface area contributed by atoms with Gasteiger partial charge in [-0.2, -0.15) is 0 Å². The maximum absolute atomic E-state index is 12.5. The molecule has 20 heavy (non-hydrogen) atoms. The molecule has 1 aliphatic carbocycles. The van der Waals surface area contributed by atoms with Gasteiger partial charge < -0.3 is 19.6 Å². The van der Waals surface area contributed by atoms with Gasteiger partial charge in [0.1, 0.15) is 0 Å². The molecule has 1 aliphatic heterocycles. The number of amides is 1. The number of carbonyl (C=O) groups excluding carboxylic acids is 1. The highest BCUT2D eigenvalue weighted by atomic mass is 16.6. The molecule has 1 fully saturated rings. The Kier molecular flexibility index (Phi) is 4.59. The van der Waals surface area contributed by atoms with Gasteiger partial charge in [-0.25, -0.2) is 4.79 Å². The van der Waals surface area contributed by atoms with E-state index < -0.39 is 12.1 Å². The summed E-state index contributed by atoms with van der Waals surface area (Å²) >= 11 is 0. The van der Waals surface area contributed by atoms with E-state index in [1.807, 2.05) is 6.92 Å². The number of nitrogens with zero attached hydrogens (tertiary/aromatic N) is 2. The minimum atomic E-state index is -1.14. The summed E-state index contributed by atoms with van der Waals surface area (Å²) in [4.78, 5) is 30.0. The normalized spacial score (nSPS) is 22.9. The molecule has 0 aromatic carbocycles. The number of ether oxygens (including phenoxy) is 1. The van der Waals surface area contributed by atoms with Gasteiger partial charge in [0.05, 0.1) is 6.61 Å². The molecule has 2 aliphatic rings. The van der Waals surface area contributed by atoms with Crippen LogP contribution in [-0.4, -0.2) is 60.0 Å². The molecular formula is C13H20N2O5. The second-order valence-electron chi connectivity index (χ2n) is 5.24. The van der Waals surface area contributed by atoms with E-state index in [1.165, 1.54) is 0 Å². The van der Waals surface area contributed by atoms with Crippen LogP contribution in [0.15, 0.2) is 5.16 Å². The van der Waals surface area contributed by atoms with Gasteiger partial charge in [0.25, 0.3) is 5.91 Å². The lowest BCUT2D eigenvalue weighted by Crippen LogP contribution is -2.47. The number of aliphatic carboxylic acids is 1. The first-order valence-electron chi connectivity index (χ1n) is 6.80. The van der Waals surface area contributed by atoms with Gasteiger partial charge in [0, 0.05) is 26.1 Å². The van der Waals surface area contributed by atoms with Crippen LogP contribution in [0.4, 0.5) is 0 Å². The molecule has 2 atom stereocenters. The summed E-state index contributed by atoms with van der Waals surface area (Å²) in [6.07, 6.45) is 1.45. The zero-order valence-electron chi connectivity index (χ0n) is 11.7. The molecule has 7 heteroatoms. The Hall–Kier alpha value is -1.63. The van der Waals surface area contributed by atoms with Crippen LogP contribution in [-0.2, 0) is 19.2 Å². The number of methoxy groups -OCH3 is 1. The maximum atomic E-state index is 12.5. The average Bonchev–Trinajstić information content (AvgIpc) is 3.15. The molecule has 1 saturated carbocycles. The molecule has 0 saturated heterocycles. The molecule has 1 amide bonds. The molecular weight excluding hydrogens is 264 g/mol. The van der Waals surface area contributed by atoms with E-state index in [1.54, 1.807) is 12.0 Å². The number of carboxylic acid groups (broad SMARTS) is 1. The van der Waals surface area contributed by atoms with Crippen LogP contribution in [0, 0.1) is 5.92 Å². The molecule has 1 N–H and O–H groups in total. The van der Waals surface area contributed by atoms with Crippen LogP contribution in [0.5, 0.6) is 0 Å². The van der Waals surface area contributed by atoms with Crippen molar-refractivity contribution in [3.05, 3.63) is 0 Å². The Morgan fingerprint density at radius 2 is 2.25 bits per heavy atom. The SMILES string of the molecule is COCCN(C(=O)C1CC(C(=O)O)=NO1)C(C)C1CC1. The van der Waals surface area contributed by atoms with Gasteiger partial charge >= 0.3 is 5.97 Å². The maximum Gasteiger partial charge on any atom is 0.353 e. The lowest BCUT2D eigenvalue weighted by molar-refractivity contribution is -0.145. The van der Waals surface area contributed by atoms with Crippen LogP contribution >= 0.6 is 0 Å². The first kappa shape index (κ1) is 14.8. The van der Waals surface area contributed by atoms with Crippen LogP contribution in [0.3, 0.4) is 0 Å². The lowest BCUT2D eigenvalue weighted by atomic mass is 10.1. The fraction of sp³-hybridized carbons (Fsp3) is 0.769. The number of oxime groups is 1. The van der Waals surface area contributed by atoms with E-state index in [9.17, 15) is 9.59 Å². The van der Waals surface area contributed by atoms with Gasteiger partial charge in [0.15, 0.2) is 5.71 Å². The third-order valence-electron chi connectivity index (χ3n) is 3.81. The molecule has 2 rings (SSSR count). The third kappa shape index (κ3) is 3.27. The van der Waals surface area contributed by atoms with Crippen molar-refractivity contribution in [3.8, 4) is 0 Å². The topological polar surface area (TPSA) is 88.4 Å². The summed E-state index contributed by atoms with van der Waals surface area (Å²) < 4.78 is 5.04. The van der Waals surface area contributed by atoms with E-state index in [4.69, 9.17) is 14.7 Å². The lowest BCUT2D eigenvalue weighted by Gasteiger charge is -2.30. The van der Waals surface area contributed by atoms with Crippen LogP contribution in [0.25, 0.3) is 0 Å². The van der Waals surface area contributed by atoms with E-state index in [0.29, 0.717) is 19.1 Å². The number of hydrogen-bond acceptors (Lipinski definition) is 5. The first-order chi connectivity index (χ1) is 9.54. The Labute approximate surface area is 117 Å². The highest BCUT2D eigenvalue weighted by Gasteiger charge is 2.39. The van der Waals surface area contributed by atoms with Crippen molar-refractivity contribution in [3.63, 3.8) is 0 Å². The number of carbonyl (C=O) groups is 2. The Morgan fingerprint density at radius 3 is 2.75 bits per heavy atom. The van der Waals surface area contributed by atoms with Gasteiger partial charge in [-0.15, -0.1) is 0 Å². The predicted molar refractivity (Wildman–Crippen MR) is 70.3 cm³/mol. The molecule has 0 spiro atoms. The summed E-state index contributed by atoms with van der Waals surface area (Å²) in [5.74, 6) is -0.822. The van der Waals surface area contributed by atoms with Crippen molar-refractivity contribution >= 4 is 17.6 Å². The van der Waals surface area contributed by atoms with E-state index in [2.05, 4.69) is 5.16 Å². The minimum Gasteiger partial charge on any atom is -0.477 e. The Balaban J connectivity index is 1.97. The van der Waals surface area contributed by atoms with Gasteiger partial charge in [-0.1, -0.05) is 5.16 Å². The summed E-state index contributed by atoms with van der Waals surface area (Å²) in [6, 6.07) is 0.120. The number of rotatable bonds is 7. The van der Waals surface area contributed by atoms with Crippen molar-refractivity contribution < 1.29 is 24.3 Å². The molecule has 7 nitrogen and oxygen atoms in total. The van der Waals surface area contributed by atoms with E-state index >= 15 is 0 Å². The zero-order chi connectivity index (χ0) is 14.7. The van der Waals surface area contributed by atoms with Crippen LogP contribution in [0.2, 0.25) is 0 Å². The highest BCUT2D eigenvalue weighted by Crippen LogP contribution is 2.35. The summed E-state index contributed by atoms with van der Waals surface area (Å²) in [5, 5.41) is 12.3. The summed E-state index contributed by atoms with van der Waals surface area (Å²) in [5.41, 5.74) is -0.103. The highest BCUT2D eigenvalue weighted by molar-refractivity contribution is 6.36. The van der Waals surface area contributed by atoms with Crippen molar-refractivity contribution in [1.82, 2.24) is 4.90 Å². The molecule has 2 unspecified atom stereocenters. The minimum absolute atomic E-state index is 0.0229. The molecule has 112 valence electrons. The molecule has 0 aromatic rings. The zero-order valence-corrected chi connectivity index (χ0v) is 11.7. The smallest absolute Gasteiger partial charge is 0.353 e. The second-order valence-corrected chi connectivity index (χ2v) is 5.24. The largest absolute Gasteiger partial charge is 0.477 e.